The molecule has 3 nitrogen and oxygen atoms in total. The molecule has 0 bridgehead atoms. The summed E-state index contributed by atoms with van der Waals surface area (Å²) in [6.07, 6.45) is 0. The van der Waals surface area contributed by atoms with Crippen molar-refractivity contribution >= 4 is 26.0 Å². The molecule has 0 aliphatic rings. The van der Waals surface area contributed by atoms with E-state index in [4.69, 9.17) is 0 Å². The summed E-state index contributed by atoms with van der Waals surface area (Å²) in [6.45, 7) is 2.38. The summed E-state index contributed by atoms with van der Waals surface area (Å²) in [6, 6.07) is 16.5. The van der Waals surface area contributed by atoms with Gasteiger partial charge in [-0.15, -0.1) is 0 Å². The normalized spacial score (nSPS) is 13.1. The topological polar surface area (TPSA) is 46.2 Å². The molecule has 0 spiro atoms. The molecule has 0 amide bonds. The predicted octanol–water partition coefficient (Wildman–Crippen LogP) is 3.53. The smallest absolute Gasteiger partial charge is 0.211 e. The van der Waals surface area contributed by atoms with Gasteiger partial charge in [0.1, 0.15) is 0 Å². The molecule has 0 heterocycles. The van der Waals surface area contributed by atoms with Crippen LogP contribution in [0.4, 0.5) is 0 Å². The molecule has 0 aromatic heterocycles. The lowest BCUT2D eigenvalue weighted by molar-refractivity contribution is 0.575. The van der Waals surface area contributed by atoms with Crippen LogP contribution in [0, 0.1) is 0 Å². The van der Waals surface area contributed by atoms with Crippen LogP contribution in [0.15, 0.2) is 64.0 Å². The Morgan fingerprint density at radius 3 is 2.25 bits per heavy atom. The minimum absolute atomic E-state index is 0.126. The zero-order chi connectivity index (χ0) is 14.6. The highest BCUT2D eigenvalue weighted by Gasteiger charge is 2.15. The first-order valence-electron chi connectivity index (χ1n) is 6.29. The minimum Gasteiger partial charge on any atom is -0.211 e. The number of benzene rings is 2. The van der Waals surface area contributed by atoms with Crippen molar-refractivity contribution in [1.82, 2.24) is 4.72 Å². The molecule has 0 unspecified atom stereocenters. The summed E-state index contributed by atoms with van der Waals surface area (Å²) in [5.41, 5.74) is 1.12. The van der Waals surface area contributed by atoms with Crippen molar-refractivity contribution < 1.29 is 8.42 Å². The van der Waals surface area contributed by atoms with E-state index in [1.54, 1.807) is 24.3 Å². The van der Waals surface area contributed by atoms with Gasteiger partial charge < -0.3 is 0 Å². The fraction of sp³-hybridized carbons (Fsp3) is 0.200. The second kappa shape index (κ2) is 6.52. The highest BCUT2D eigenvalue weighted by Crippen LogP contribution is 2.17. The van der Waals surface area contributed by atoms with Gasteiger partial charge in [0.2, 0.25) is 10.0 Å². The zero-order valence-electron chi connectivity index (χ0n) is 11.1. The zero-order valence-corrected chi connectivity index (χ0v) is 13.5. The summed E-state index contributed by atoms with van der Waals surface area (Å²) >= 11 is 3.29. The van der Waals surface area contributed by atoms with Crippen LogP contribution in [0.5, 0.6) is 0 Å². The molecule has 0 aliphatic carbocycles. The van der Waals surface area contributed by atoms with Crippen molar-refractivity contribution in [1.29, 1.82) is 0 Å². The molecule has 0 saturated carbocycles. The van der Waals surface area contributed by atoms with Crippen molar-refractivity contribution in [2.24, 2.45) is 0 Å². The Morgan fingerprint density at radius 2 is 1.65 bits per heavy atom. The number of nitrogens with one attached hydrogen (secondary N) is 1. The molecule has 1 N–H and O–H groups in total. The molecule has 2 rings (SSSR count). The Kier molecular flexibility index (Phi) is 4.96. The van der Waals surface area contributed by atoms with Crippen LogP contribution in [0.25, 0.3) is 0 Å². The minimum atomic E-state index is -3.45. The largest absolute Gasteiger partial charge is 0.240 e. The van der Waals surface area contributed by atoms with Gasteiger partial charge in [0.15, 0.2) is 0 Å². The standard InChI is InChI=1S/C15H16BrNO2S/c1-12(13-5-3-2-4-6-13)11-17-20(18,19)15-9-7-14(16)8-10-15/h2-10,12,17H,11H2,1H3/t12-/m1/s1. The van der Waals surface area contributed by atoms with Crippen LogP contribution in [-0.4, -0.2) is 15.0 Å². The van der Waals surface area contributed by atoms with Crippen molar-refractivity contribution in [2.75, 3.05) is 6.54 Å². The Balaban J connectivity index is 2.04. The van der Waals surface area contributed by atoms with E-state index in [2.05, 4.69) is 20.7 Å². The second-order valence-electron chi connectivity index (χ2n) is 4.62. The van der Waals surface area contributed by atoms with E-state index in [0.29, 0.717) is 6.54 Å². The molecule has 106 valence electrons. The molecule has 1 atom stereocenters. The number of sulfonamides is 1. The Bertz CT molecular complexity index is 654. The molecular weight excluding hydrogens is 338 g/mol. The molecule has 0 saturated heterocycles. The quantitative estimate of drug-likeness (QED) is 0.893. The highest BCUT2D eigenvalue weighted by molar-refractivity contribution is 9.10. The summed E-state index contributed by atoms with van der Waals surface area (Å²) in [5, 5.41) is 0. The van der Waals surface area contributed by atoms with Crippen molar-refractivity contribution in [3.63, 3.8) is 0 Å². The SMILES string of the molecule is C[C@H](CNS(=O)(=O)c1ccc(Br)cc1)c1ccccc1. The molecular formula is C15H16BrNO2S. The third-order valence-corrected chi connectivity index (χ3v) is 5.04. The number of hydrogen-bond donors (Lipinski definition) is 1. The van der Waals surface area contributed by atoms with E-state index < -0.39 is 10.0 Å². The second-order valence-corrected chi connectivity index (χ2v) is 7.30. The lowest BCUT2D eigenvalue weighted by Crippen LogP contribution is -2.27. The molecule has 2 aromatic rings. The molecule has 5 heteroatoms. The van der Waals surface area contributed by atoms with Gasteiger partial charge in [-0.3, -0.25) is 0 Å². The third-order valence-electron chi connectivity index (χ3n) is 3.07. The van der Waals surface area contributed by atoms with E-state index in [9.17, 15) is 8.42 Å². The molecule has 2 aromatic carbocycles. The average Bonchev–Trinajstić information content (AvgIpc) is 2.46. The Morgan fingerprint density at radius 1 is 1.05 bits per heavy atom. The van der Waals surface area contributed by atoms with Gasteiger partial charge >= 0.3 is 0 Å². The van der Waals surface area contributed by atoms with E-state index >= 15 is 0 Å². The van der Waals surface area contributed by atoms with Gasteiger partial charge in [0.05, 0.1) is 4.90 Å². The number of halogens is 1. The Hall–Kier alpha value is -1.17. The molecule has 20 heavy (non-hydrogen) atoms. The van der Waals surface area contributed by atoms with E-state index in [-0.39, 0.29) is 10.8 Å². The highest BCUT2D eigenvalue weighted by atomic mass is 79.9. The Labute approximate surface area is 128 Å². The van der Waals surface area contributed by atoms with Gasteiger partial charge in [-0.05, 0) is 35.7 Å². The van der Waals surface area contributed by atoms with Crippen molar-refractivity contribution in [2.45, 2.75) is 17.7 Å². The van der Waals surface area contributed by atoms with Crippen LogP contribution in [0.1, 0.15) is 18.4 Å². The maximum absolute atomic E-state index is 12.2. The predicted molar refractivity (Wildman–Crippen MR) is 84.2 cm³/mol. The fourth-order valence-electron chi connectivity index (χ4n) is 1.83. The molecule has 0 fully saturated rings. The summed E-state index contributed by atoms with van der Waals surface area (Å²) in [4.78, 5) is 0.279. The lowest BCUT2D eigenvalue weighted by atomic mass is 10.0. The summed E-state index contributed by atoms with van der Waals surface area (Å²) in [7, 11) is -3.45. The van der Waals surface area contributed by atoms with Crippen LogP contribution in [0.3, 0.4) is 0 Å². The van der Waals surface area contributed by atoms with Gasteiger partial charge in [-0.2, -0.15) is 0 Å². The third kappa shape index (κ3) is 3.91. The lowest BCUT2D eigenvalue weighted by Gasteiger charge is -2.13. The van der Waals surface area contributed by atoms with Crippen LogP contribution >= 0.6 is 15.9 Å². The van der Waals surface area contributed by atoms with E-state index in [0.717, 1.165) is 10.0 Å². The number of rotatable bonds is 5. The van der Waals surface area contributed by atoms with Gasteiger partial charge in [-0.25, -0.2) is 13.1 Å². The summed E-state index contributed by atoms with van der Waals surface area (Å²) < 4.78 is 27.8. The van der Waals surface area contributed by atoms with E-state index in [1.165, 1.54) is 0 Å². The van der Waals surface area contributed by atoms with Crippen LogP contribution in [-0.2, 0) is 10.0 Å². The maximum atomic E-state index is 12.2. The van der Waals surface area contributed by atoms with Crippen LogP contribution < -0.4 is 4.72 Å². The number of hydrogen-bond acceptors (Lipinski definition) is 2. The monoisotopic (exact) mass is 353 g/mol. The van der Waals surface area contributed by atoms with E-state index in [1.807, 2.05) is 37.3 Å². The van der Waals surface area contributed by atoms with Gasteiger partial charge in [-0.1, -0.05) is 53.2 Å². The maximum Gasteiger partial charge on any atom is 0.240 e. The first kappa shape index (κ1) is 15.2. The molecule has 0 radical (unpaired) electrons. The average molecular weight is 354 g/mol. The first-order chi connectivity index (χ1) is 9.49. The van der Waals surface area contributed by atoms with Crippen molar-refractivity contribution in [3.05, 3.63) is 64.6 Å². The molecule has 0 aliphatic heterocycles. The summed E-state index contributed by atoms with van der Waals surface area (Å²) in [5.74, 6) is 0.126. The van der Waals surface area contributed by atoms with Crippen LogP contribution in [0.2, 0.25) is 0 Å². The van der Waals surface area contributed by atoms with Crippen molar-refractivity contribution in [3.8, 4) is 0 Å². The van der Waals surface area contributed by atoms with Gasteiger partial charge in [0.25, 0.3) is 0 Å². The fourth-order valence-corrected chi connectivity index (χ4v) is 3.23. The van der Waals surface area contributed by atoms with Gasteiger partial charge in [0, 0.05) is 11.0 Å². The first-order valence-corrected chi connectivity index (χ1v) is 8.57.